The van der Waals surface area contributed by atoms with Crippen molar-refractivity contribution >= 4 is 46.1 Å². The number of morpholine rings is 1. The smallest absolute Gasteiger partial charge is 0.328 e. The molecule has 0 unspecified atom stereocenters. The van der Waals surface area contributed by atoms with E-state index < -0.39 is 6.03 Å². The fraction of sp³-hybridized carbons (Fsp3) is 0.435. The van der Waals surface area contributed by atoms with E-state index in [1.807, 2.05) is 54.3 Å². The first-order chi connectivity index (χ1) is 29.5. The molecule has 1 saturated carbocycles. The lowest BCUT2D eigenvalue weighted by Gasteiger charge is -2.43. The van der Waals surface area contributed by atoms with Gasteiger partial charge in [0.2, 0.25) is 5.91 Å². The van der Waals surface area contributed by atoms with Crippen molar-refractivity contribution in [1.82, 2.24) is 34.9 Å². The second kappa shape index (κ2) is 16.8. The molecule has 4 N–H and O–H groups in total. The molecule has 4 fully saturated rings. The molecular formula is C46H54N10O5. The Bertz CT molecular complexity index is 2440. The van der Waals surface area contributed by atoms with E-state index in [2.05, 4.69) is 49.9 Å². The molecule has 3 saturated heterocycles. The zero-order valence-corrected chi connectivity index (χ0v) is 35.0. The lowest BCUT2D eigenvalue weighted by atomic mass is 9.85. The van der Waals surface area contributed by atoms with E-state index in [0.29, 0.717) is 66.5 Å². The van der Waals surface area contributed by atoms with Crippen molar-refractivity contribution in [3.63, 3.8) is 0 Å². The molecule has 15 heteroatoms. The van der Waals surface area contributed by atoms with Crippen molar-refractivity contribution in [2.24, 2.45) is 5.92 Å². The summed E-state index contributed by atoms with van der Waals surface area (Å²) in [6, 6.07) is 18.8. The lowest BCUT2D eigenvalue weighted by molar-refractivity contribution is -0.120. The first-order valence-corrected chi connectivity index (χ1v) is 21.5. The highest BCUT2D eigenvalue weighted by Gasteiger charge is 2.35. The normalized spacial score (nSPS) is 24.0. The van der Waals surface area contributed by atoms with Crippen LogP contribution in [0, 0.1) is 12.8 Å². The highest BCUT2D eigenvalue weighted by molar-refractivity contribution is 6.06. The van der Waals surface area contributed by atoms with E-state index in [-0.39, 0.29) is 42.2 Å². The van der Waals surface area contributed by atoms with Gasteiger partial charge in [0.15, 0.2) is 5.82 Å². The van der Waals surface area contributed by atoms with Gasteiger partial charge in [-0.15, -0.1) is 10.2 Å². The summed E-state index contributed by atoms with van der Waals surface area (Å²) in [5.41, 5.74) is 12.7. The minimum absolute atomic E-state index is 0.00556. The minimum Gasteiger partial charge on any atom is -0.507 e. The van der Waals surface area contributed by atoms with Crippen LogP contribution in [0.3, 0.4) is 0 Å². The predicted octanol–water partition coefficient (Wildman–Crippen LogP) is 6.08. The summed E-state index contributed by atoms with van der Waals surface area (Å²) in [6.45, 7) is 11.3. The van der Waals surface area contributed by atoms with Crippen molar-refractivity contribution < 1.29 is 24.2 Å². The minimum atomic E-state index is -0.398. The van der Waals surface area contributed by atoms with Gasteiger partial charge in [0, 0.05) is 81.0 Å². The number of phenolic OH excluding ortho intramolecular Hbond substituents is 1. The molecule has 3 aliphatic heterocycles. The molecule has 15 nitrogen and oxygen atoms in total. The number of rotatable bonds is 8. The number of urea groups is 1. The van der Waals surface area contributed by atoms with Gasteiger partial charge in [0.1, 0.15) is 17.5 Å². The van der Waals surface area contributed by atoms with Crippen LogP contribution < -0.4 is 20.9 Å². The molecule has 9 rings (SSSR count). The Morgan fingerprint density at radius 1 is 0.951 bits per heavy atom. The number of pyridine rings is 1. The van der Waals surface area contributed by atoms with E-state index in [0.717, 1.165) is 73.2 Å². The second-order valence-electron chi connectivity index (χ2n) is 17.2. The number of aryl methyl sites for hydroxylation is 1. The third-order valence-electron chi connectivity index (χ3n) is 13.3. The molecule has 3 atom stereocenters. The van der Waals surface area contributed by atoms with Gasteiger partial charge in [-0.2, -0.15) is 0 Å². The van der Waals surface area contributed by atoms with Crippen molar-refractivity contribution in [2.45, 2.75) is 77.2 Å². The highest BCUT2D eigenvalue weighted by Crippen LogP contribution is 2.39. The van der Waals surface area contributed by atoms with E-state index in [9.17, 15) is 19.5 Å². The average molecular weight is 827 g/mol. The summed E-state index contributed by atoms with van der Waals surface area (Å²) >= 11 is 0. The predicted molar refractivity (Wildman–Crippen MR) is 233 cm³/mol. The number of aromatic nitrogens is 4. The summed E-state index contributed by atoms with van der Waals surface area (Å²) < 4.78 is 8.82. The Labute approximate surface area is 355 Å². The number of amides is 4. The third kappa shape index (κ3) is 8.11. The molecule has 2 aromatic carbocycles. The lowest BCUT2D eigenvalue weighted by Crippen LogP contribution is -2.50. The number of ether oxygens (including phenoxy) is 1. The number of hydrogen-bond acceptors (Lipinski definition) is 11. The number of nitrogens with zero attached hydrogens (tertiary/aromatic N) is 8. The van der Waals surface area contributed by atoms with E-state index >= 15 is 0 Å². The molecule has 4 amide bonds. The number of phenols is 1. The molecule has 0 radical (unpaired) electrons. The number of fused-ring (bicyclic) bond motifs is 1. The largest absolute Gasteiger partial charge is 0.507 e. The van der Waals surface area contributed by atoms with Crippen LogP contribution in [0.4, 0.5) is 22.0 Å². The maximum atomic E-state index is 13.7. The number of benzene rings is 2. The van der Waals surface area contributed by atoms with Gasteiger partial charge in [-0.05, 0) is 99.9 Å². The maximum Gasteiger partial charge on any atom is 0.328 e. The fourth-order valence-corrected chi connectivity index (χ4v) is 9.60. The number of hydrogen-bond donors (Lipinski definition) is 3. The van der Waals surface area contributed by atoms with Gasteiger partial charge in [-0.25, -0.2) is 9.78 Å². The monoisotopic (exact) mass is 826 g/mol. The SMILES string of the molecule is Cc1cn(C2CCC(CN3CCN(C(=O)c4ccc([C@@H]5CN(c6cc(-c7ccccc7O)nnc6N)[C@H](C)[C@H](C)O5)cc4)CC3)CC2)c2ncc(N3CCC(=O)NC3=O)cc12. The molecule has 0 spiro atoms. The Morgan fingerprint density at radius 2 is 1.70 bits per heavy atom. The molecule has 3 aromatic heterocycles. The van der Waals surface area contributed by atoms with Crippen molar-refractivity contribution in [1.29, 1.82) is 0 Å². The molecule has 4 aliphatic rings. The summed E-state index contributed by atoms with van der Waals surface area (Å²) in [5.74, 6) is 0.858. The quantitative estimate of drug-likeness (QED) is 0.165. The highest BCUT2D eigenvalue weighted by atomic mass is 16.5. The van der Waals surface area contributed by atoms with Gasteiger partial charge >= 0.3 is 6.03 Å². The molecule has 61 heavy (non-hydrogen) atoms. The maximum absolute atomic E-state index is 13.7. The topological polar surface area (TPSA) is 175 Å². The number of piperazine rings is 1. The van der Waals surface area contributed by atoms with Crippen LogP contribution in [0.2, 0.25) is 0 Å². The Morgan fingerprint density at radius 3 is 2.44 bits per heavy atom. The standard InChI is InChI=1S/C46H54N10O5/c1-28-25-56(44-37(28)22-35(24-48-44)54-17-16-42(58)49-46(54)60)34-14-8-31(9-15-34)26-52-18-20-53(21-19-52)45(59)33-12-10-32(11-13-33)41-27-55(29(2)30(3)61-41)39-23-38(50-51-43(39)47)36-6-4-5-7-40(36)57/h4-7,10-13,22-25,29-31,34,41,57H,8-9,14-21,26-27H2,1-3H3,(H2,47,51)(H,49,58,60)/t29-,30+,31?,34?,41+/m1/s1. The first kappa shape index (κ1) is 40.4. The number of nitrogens with one attached hydrogen (secondary N) is 1. The number of nitrogen functional groups attached to an aromatic ring is 1. The zero-order chi connectivity index (χ0) is 42.4. The molecule has 5 aromatic rings. The molecule has 318 valence electrons. The summed E-state index contributed by atoms with van der Waals surface area (Å²) in [4.78, 5) is 50.9. The van der Waals surface area contributed by atoms with Gasteiger partial charge in [-0.3, -0.25) is 24.7 Å². The van der Waals surface area contributed by atoms with Gasteiger partial charge in [-0.1, -0.05) is 24.3 Å². The van der Waals surface area contributed by atoms with E-state index in [1.165, 1.54) is 0 Å². The Kier molecular flexibility index (Phi) is 11.1. The number of aromatic hydroxyl groups is 1. The number of carbonyl (C=O) groups excluding carboxylic acids is 3. The zero-order valence-electron chi connectivity index (χ0n) is 35.0. The Balaban J connectivity index is 0.770. The van der Waals surface area contributed by atoms with Gasteiger partial charge in [0.05, 0.1) is 35.4 Å². The van der Waals surface area contributed by atoms with Crippen molar-refractivity contribution in [3.8, 4) is 17.0 Å². The third-order valence-corrected chi connectivity index (χ3v) is 13.3. The van der Waals surface area contributed by atoms with Crippen molar-refractivity contribution in [3.05, 3.63) is 89.7 Å². The fourth-order valence-electron chi connectivity index (χ4n) is 9.60. The van der Waals surface area contributed by atoms with Crippen LogP contribution in [0.25, 0.3) is 22.3 Å². The second-order valence-corrected chi connectivity index (χ2v) is 17.2. The van der Waals surface area contributed by atoms with Crippen LogP contribution in [-0.4, -0.2) is 110 Å². The molecule has 0 bridgehead atoms. The average Bonchev–Trinajstić information content (AvgIpc) is 3.60. The van der Waals surface area contributed by atoms with Crippen LogP contribution in [0.5, 0.6) is 5.75 Å². The summed E-state index contributed by atoms with van der Waals surface area (Å²) in [7, 11) is 0. The first-order valence-electron chi connectivity index (χ1n) is 21.5. The summed E-state index contributed by atoms with van der Waals surface area (Å²) in [5, 5.41) is 22.4. The number of imide groups is 1. The molecule has 1 aliphatic carbocycles. The number of carbonyl (C=O) groups is 3. The number of anilines is 3. The molecule has 6 heterocycles. The van der Waals surface area contributed by atoms with Crippen LogP contribution in [0.1, 0.15) is 79.6 Å². The summed E-state index contributed by atoms with van der Waals surface area (Å²) in [6.07, 6.45) is 8.30. The van der Waals surface area contributed by atoms with E-state index in [1.54, 1.807) is 29.3 Å². The van der Waals surface area contributed by atoms with Crippen LogP contribution >= 0.6 is 0 Å². The Hall–Kier alpha value is -6.06. The van der Waals surface area contributed by atoms with Gasteiger partial charge in [0.25, 0.3) is 5.91 Å². The number of para-hydroxylation sites is 1. The van der Waals surface area contributed by atoms with E-state index in [4.69, 9.17) is 15.5 Å². The molecular weight excluding hydrogens is 773 g/mol. The van der Waals surface area contributed by atoms with Crippen LogP contribution in [-0.2, 0) is 9.53 Å². The van der Waals surface area contributed by atoms with Gasteiger partial charge < -0.3 is 29.9 Å². The van der Waals surface area contributed by atoms with Crippen LogP contribution in [0.15, 0.2) is 73.1 Å². The van der Waals surface area contributed by atoms with Crippen molar-refractivity contribution in [2.75, 3.05) is 61.3 Å². The number of nitrogens with two attached hydrogens (primary N) is 1.